The third-order valence-electron chi connectivity index (χ3n) is 16.1. The Kier molecular flexibility index (Phi) is 20.4. The number of hydrogen-bond donors (Lipinski definition) is 13. The molecule has 7 aromatic heterocycles. The van der Waals surface area contributed by atoms with Crippen LogP contribution in [0.4, 0.5) is 17.6 Å². The Bertz CT molecular complexity index is 4760. The highest BCUT2D eigenvalue weighted by molar-refractivity contribution is 7.48. The van der Waals surface area contributed by atoms with Crippen molar-refractivity contribution < 1.29 is 113 Å². The van der Waals surface area contributed by atoms with E-state index in [1.807, 2.05) is 4.98 Å². The van der Waals surface area contributed by atoms with E-state index in [1.165, 1.54) is 34.6 Å². The van der Waals surface area contributed by atoms with Crippen LogP contribution in [-0.2, 0) is 78.1 Å². The van der Waals surface area contributed by atoms with Crippen molar-refractivity contribution in [2.75, 3.05) is 50.2 Å². The average Bonchev–Trinajstić information content (AvgIpc) is 1.65. The van der Waals surface area contributed by atoms with Gasteiger partial charge in [-0.05, 0) is 13.0 Å². The molecule has 0 bridgehead atoms. The van der Waals surface area contributed by atoms with Crippen LogP contribution in [0.25, 0.3) is 22.3 Å². The van der Waals surface area contributed by atoms with Crippen molar-refractivity contribution in [3.63, 3.8) is 0 Å². The van der Waals surface area contributed by atoms with Crippen molar-refractivity contribution in [1.29, 1.82) is 0 Å². The number of nitrogen functional groups attached to an aromatic ring is 3. The zero-order valence-corrected chi connectivity index (χ0v) is 54.3. The lowest BCUT2D eigenvalue weighted by molar-refractivity contribution is -0.0650. The molecule has 7 aromatic rings. The first kappa shape index (κ1) is 71.5. The van der Waals surface area contributed by atoms with Crippen molar-refractivity contribution in [2.45, 2.75) is 131 Å². The van der Waals surface area contributed by atoms with Gasteiger partial charge in [0.05, 0.1) is 45.7 Å². The van der Waals surface area contributed by atoms with Gasteiger partial charge in [-0.1, -0.05) is 0 Å². The molecule has 4 unspecified atom stereocenters. The Morgan fingerprint density at radius 2 is 1.01 bits per heavy atom. The summed E-state index contributed by atoms with van der Waals surface area (Å²) in [5, 5.41) is 31.6. The summed E-state index contributed by atoms with van der Waals surface area (Å²) in [6, 6.07) is 2.22. The molecule has 0 saturated carbocycles. The minimum Gasteiger partial charge on any atom is -0.394 e. The number of aromatic nitrogens is 14. The molecule has 12 rings (SSSR count). The number of H-pyrrole nitrogens is 3. The molecule has 538 valence electrons. The highest BCUT2D eigenvalue weighted by Gasteiger charge is 2.51. The second-order valence-electron chi connectivity index (χ2n) is 22.7. The summed E-state index contributed by atoms with van der Waals surface area (Å²) in [4.78, 5) is 151. The minimum atomic E-state index is -5.54. The summed E-state index contributed by atoms with van der Waals surface area (Å²) in [5.74, 6) is -0.514. The van der Waals surface area contributed by atoms with Crippen LogP contribution in [0.3, 0.4) is 0 Å². The van der Waals surface area contributed by atoms with Gasteiger partial charge in [0.1, 0.15) is 110 Å². The molecule has 5 aliphatic heterocycles. The van der Waals surface area contributed by atoms with Gasteiger partial charge in [0.25, 0.3) is 16.7 Å². The number of rotatable bonds is 26. The Morgan fingerprint density at radius 1 is 0.535 bits per heavy atom. The predicted molar refractivity (Wildman–Crippen MR) is 322 cm³/mol. The maximum absolute atomic E-state index is 14.2. The topological polar surface area (TPSA) is 660 Å². The molecule has 5 aliphatic rings. The molecule has 99 heavy (non-hydrogen) atoms. The Balaban J connectivity index is 0.747. The number of anilines is 3. The molecule has 0 amide bonds. The molecule has 5 fully saturated rings. The van der Waals surface area contributed by atoms with Crippen LogP contribution < -0.4 is 50.9 Å². The number of nitrogens with one attached hydrogen (secondary N) is 3. The SMILES string of the molecule is Cc1cn([C@H]2C[C@H](OP(=O)(O)OC[C@H]3O[C@@H](n4cnc5c(N)ncnc54)C[C@@H]3OP(=O)(O)OC[C@H]3O[C@@H](n4ccc(=O)[nH]c4=O)[C@H](O)[C@@H]3O)[C@@H](COP(=O)(O)O[C@H]3C[C@H](n4cnc5c(=O)[nH]c(N)nc54)O[C@@H]3COP(=O)(O)O[C@H]3C[C@H](n4ccc(N)nc4=O)O[C@@H]3CO)O2)c(=O)[nH]c1=O. The van der Waals surface area contributed by atoms with Gasteiger partial charge in [-0.15, -0.1) is 0 Å². The summed E-state index contributed by atoms with van der Waals surface area (Å²) in [7, 11) is -21.7. The van der Waals surface area contributed by atoms with E-state index in [1.54, 1.807) is 0 Å². The van der Waals surface area contributed by atoms with Gasteiger partial charge >= 0.3 is 48.4 Å². The largest absolute Gasteiger partial charge is 0.472 e. The number of nitrogens with zero attached hydrogens (tertiary/aromatic N) is 11. The zero-order chi connectivity index (χ0) is 70.8. The van der Waals surface area contributed by atoms with Crippen molar-refractivity contribution in [1.82, 2.24) is 67.7 Å². The lowest BCUT2D eigenvalue weighted by Crippen LogP contribution is -2.37. The number of phosphoric acid groups is 4. The number of imidazole rings is 2. The maximum atomic E-state index is 14.2. The van der Waals surface area contributed by atoms with Gasteiger partial charge in [0.2, 0.25) is 5.95 Å². The fraction of sp³-hybridized carbons (Fsp3) is 0.542. The molecule has 0 spiro atoms. The van der Waals surface area contributed by atoms with E-state index < -0.39 is 216 Å². The Hall–Kier alpha value is -7.34. The molecular formula is C48H61N17O30P4. The number of fused-ring (bicyclic) bond motifs is 2. The van der Waals surface area contributed by atoms with E-state index in [0.29, 0.717) is 0 Å². The van der Waals surface area contributed by atoms with Crippen LogP contribution in [0.5, 0.6) is 0 Å². The number of hydrogen-bond acceptors (Lipinski definition) is 35. The molecule has 51 heteroatoms. The fourth-order valence-corrected chi connectivity index (χ4v) is 15.3. The molecule has 20 atom stereocenters. The van der Waals surface area contributed by atoms with Crippen molar-refractivity contribution in [3.8, 4) is 0 Å². The third-order valence-corrected chi connectivity index (χ3v) is 20.2. The second kappa shape index (κ2) is 28.2. The first-order valence-corrected chi connectivity index (χ1v) is 35.3. The van der Waals surface area contributed by atoms with E-state index >= 15 is 0 Å². The first-order chi connectivity index (χ1) is 46.8. The first-order valence-electron chi connectivity index (χ1n) is 29.3. The van der Waals surface area contributed by atoms with Gasteiger partial charge in [-0.2, -0.15) is 9.97 Å². The van der Waals surface area contributed by atoms with Crippen LogP contribution in [0.1, 0.15) is 62.4 Å². The van der Waals surface area contributed by atoms with Gasteiger partial charge in [-0.3, -0.25) is 88.4 Å². The monoisotopic (exact) mass is 1480 g/mol. The average molecular weight is 1480 g/mol. The summed E-state index contributed by atoms with van der Waals surface area (Å²) < 4.78 is 134. The summed E-state index contributed by atoms with van der Waals surface area (Å²) >= 11 is 0. The van der Waals surface area contributed by atoms with Crippen LogP contribution in [0.15, 0.2) is 78.5 Å². The van der Waals surface area contributed by atoms with Gasteiger partial charge in [0.15, 0.2) is 28.9 Å². The van der Waals surface area contributed by atoms with E-state index in [4.69, 9.17) is 77.1 Å². The lowest BCUT2D eigenvalue weighted by Gasteiger charge is -2.25. The summed E-state index contributed by atoms with van der Waals surface area (Å²) in [6.07, 6.45) is -20.0. The Labute approximate surface area is 549 Å². The summed E-state index contributed by atoms with van der Waals surface area (Å²) in [5.41, 5.74) is 11.9. The molecular weight excluding hydrogens is 1420 g/mol. The third kappa shape index (κ3) is 15.8. The van der Waals surface area contributed by atoms with Crippen LogP contribution >= 0.6 is 31.3 Å². The number of aromatic amines is 3. The van der Waals surface area contributed by atoms with E-state index in [-0.39, 0.29) is 51.9 Å². The number of nitrogens with two attached hydrogens (primary N) is 3. The smallest absolute Gasteiger partial charge is 0.394 e. The van der Waals surface area contributed by atoms with Gasteiger partial charge in [-0.25, -0.2) is 52.6 Å². The highest BCUT2D eigenvalue weighted by atomic mass is 31.2. The zero-order valence-electron chi connectivity index (χ0n) is 50.7. The predicted octanol–water partition coefficient (Wildman–Crippen LogP) is -3.86. The molecule has 47 nitrogen and oxygen atoms in total. The van der Waals surface area contributed by atoms with Crippen LogP contribution in [0.2, 0.25) is 0 Å². The molecule has 16 N–H and O–H groups in total. The molecule has 12 heterocycles. The number of phosphoric ester groups is 4. The maximum Gasteiger partial charge on any atom is 0.472 e. The molecule has 0 radical (unpaired) electrons. The quantitative estimate of drug-likeness (QED) is 0.0231. The van der Waals surface area contributed by atoms with E-state index in [0.717, 1.165) is 44.8 Å². The normalized spacial score (nSPS) is 30.4. The van der Waals surface area contributed by atoms with Crippen molar-refractivity contribution in [3.05, 3.63) is 118 Å². The number of ether oxygens (including phenoxy) is 5. The van der Waals surface area contributed by atoms with Crippen molar-refractivity contribution >= 4 is 71.2 Å². The Morgan fingerprint density at radius 3 is 1.55 bits per heavy atom. The van der Waals surface area contributed by atoms with Crippen LogP contribution in [0, 0.1) is 6.92 Å². The molecule has 0 aromatic carbocycles. The standard InChI is InChI=1S/C48H61N17O30P4/c1-19-10-63(48(74)60-42(19)70)32-7-21(93-97(77,78)85-13-26-22(8-33(89-26)64-17-54-35-39(50)52-16-53-40(35)64)95-99(81,82)86-15-28-37(68)38(69)44(91-28)62-5-3-30(67)57-47(62)73)25(88-32)12-84-98(79,80)94-23-9-34(65-18-55-36-41(65)58-45(51)59-43(36)71)90-27(23)14-83-96(75,76)92-20-6-31(87-24(20)11-66)61-4-2-29(49)56-46(61)72/h2-5,10,16-18,20-28,31-34,37-38,44,66,68-69H,6-9,11-15H2,1H3,(H,75,76)(H,77,78)(H,79,80)(H,81,82)(H2,49,56,72)(H2,50,52,53)(H,57,67,73)(H,60,70,74)(H3,51,58,59,71)/t20-,21-,22-,23-,24+,25+,26+,27+,28+,31+,32+,33+,34+,37+,38+,44+/m0/s1. The minimum absolute atomic E-state index is 0.0171. The van der Waals surface area contributed by atoms with Crippen molar-refractivity contribution in [2.24, 2.45) is 0 Å². The molecule has 0 aliphatic carbocycles. The number of aryl methyl sites for hydroxylation is 1. The van der Waals surface area contributed by atoms with Crippen LogP contribution in [-0.4, -0.2) is 203 Å². The second-order valence-corrected chi connectivity index (χ2v) is 28.3. The summed E-state index contributed by atoms with van der Waals surface area (Å²) in [6.45, 7) is -3.54. The molecule has 5 saturated heterocycles. The highest BCUT2D eigenvalue weighted by Crippen LogP contribution is 2.55. The number of aliphatic hydroxyl groups excluding tert-OH is 3. The van der Waals surface area contributed by atoms with Gasteiger partial charge < -0.3 is 75.8 Å². The van der Waals surface area contributed by atoms with E-state index in [9.17, 15) is 81.9 Å². The number of aliphatic hydroxyl groups is 3. The lowest BCUT2D eigenvalue weighted by atomic mass is 10.1. The fourth-order valence-electron chi connectivity index (χ4n) is 11.4. The van der Waals surface area contributed by atoms with Gasteiger partial charge in [0, 0.05) is 55.9 Å². The van der Waals surface area contributed by atoms with E-state index in [2.05, 4.69) is 39.9 Å².